The fourth-order valence-corrected chi connectivity index (χ4v) is 2.39. The molecule has 0 heterocycles. The van der Waals surface area contributed by atoms with Crippen molar-refractivity contribution in [2.75, 3.05) is 5.32 Å². The van der Waals surface area contributed by atoms with Gasteiger partial charge in [0.1, 0.15) is 5.75 Å². The van der Waals surface area contributed by atoms with E-state index in [0.29, 0.717) is 10.6 Å². The number of phenols is 1. The maximum atomic E-state index is 12.2. The molecule has 0 aromatic heterocycles. The first-order valence-electron chi connectivity index (χ1n) is 7.25. The molecule has 0 saturated heterocycles. The normalized spacial score (nSPS) is 10.4. The van der Waals surface area contributed by atoms with E-state index in [4.69, 9.17) is 11.6 Å². The van der Waals surface area contributed by atoms with Gasteiger partial charge in [-0.25, -0.2) is 0 Å². The van der Waals surface area contributed by atoms with Crippen LogP contribution in [-0.4, -0.2) is 16.8 Å². The number of Topliss-reactive ketones (excluding diaryl/α,β-unsaturated/α-hetero) is 1. The van der Waals surface area contributed by atoms with Crippen LogP contribution in [0.15, 0.2) is 36.4 Å². The van der Waals surface area contributed by atoms with Gasteiger partial charge < -0.3 is 10.4 Å². The monoisotopic (exact) mass is 331 g/mol. The first-order chi connectivity index (χ1) is 10.9. The molecule has 1 amide bonds. The average molecular weight is 332 g/mol. The molecule has 0 bridgehead atoms. The van der Waals surface area contributed by atoms with Crippen molar-refractivity contribution in [1.82, 2.24) is 0 Å². The lowest BCUT2D eigenvalue weighted by Crippen LogP contribution is -2.14. The summed E-state index contributed by atoms with van der Waals surface area (Å²) in [5.41, 5.74) is 2.78. The van der Waals surface area contributed by atoms with Crippen LogP contribution in [0.25, 0.3) is 0 Å². The summed E-state index contributed by atoms with van der Waals surface area (Å²) in [5, 5.41) is 12.6. The second kappa shape index (κ2) is 7.29. The highest BCUT2D eigenvalue weighted by atomic mass is 35.5. The van der Waals surface area contributed by atoms with E-state index in [-0.39, 0.29) is 36.0 Å². The lowest BCUT2D eigenvalue weighted by atomic mass is 9.99. The first kappa shape index (κ1) is 17.0. The lowest BCUT2D eigenvalue weighted by molar-refractivity contribution is -0.116. The van der Waals surface area contributed by atoms with Gasteiger partial charge in [0, 0.05) is 23.4 Å². The number of benzene rings is 2. The van der Waals surface area contributed by atoms with E-state index in [1.807, 2.05) is 32.0 Å². The average Bonchev–Trinajstić information content (AvgIpc) is 2.51. The molecule has 2 N–H and O–H groups in total. The summed E-state index contributed by atoms with van der Waals surface area (Å²) >= 11 is 5.82. The van der Waals surface area contributed by atoms with Crippen molar-refractivity contribution in [2.24, 2.45) is 0 Å². The molecule has 0 saturated carbocycles. The van der Waals surface area contributed by atoms with E-state index >= 15 is 0 Å². The maximum absolute atomic E-state index is 12.2. The number of hydrogen-bond acceptors (Lipinski definition) is 3. The highest BCUT2D eigenvalue weighted by Gasteiger charge is 2.13. The Labute approximate surface area is 140 Å². The zero-order chi connectivity index (χ0) is 17.0. The van der Waals surface area contributed by atoms with Gasteiger partial charge in [-0.05, 0) is 43.7 Å². The molecule has 0 unspecified atom stereocenters. The quantitative estimate of drug-likeness (QED) is 0.635. The van der Waals surface area contributed by atoms with E-state index in [0.717, 1.165) is 11.1 Å². The number of halogens is 1. The van der Waals surface area contributed by atoms with Crippen molar-refractivity contribution < 1.29 is 14.7 Å². The molecule has 23 heavy (non-hydrogen) atoms. The fraction of sp³-hybridized carbons (Fsp3) is 0.222. The van der Waals surface area contributed by atoms with Crippen LogP contribution < -0.4 is 5.32 Å². The van der Waals surface area contributed by atoms with E-state index in [9.17, 15) is 14.7 Å². The Bertz CT molecular complexity index is 756. The Morgan fingerprint density at radius 2 is 1.83 bits per heavy atom. The molecule has 2 aromatic rings. The summed E-state index contributed by atoms with van der Waals surface area (Å²) in [4.78, 5) is 24.2. The number of carbonyl (C=O) groups excluding carboxylic acids is 2. The van der Waals surface area contributed by atoms with Crippen molar-refractivity contribution >= 4 is 29.0 Å². The first-order valence-corrected chi connectivity index (χ1v) is 7.63. The van der Waals surface area contributed by atoms with Crippen LogP contribution in [0.4, 0.5) is 5.69 Å². The predicted molar refractivity (Wildman–Crippen MR) is 91.2 cm³/mol. The second-order valence-corrected chi connectivity index (χ2v) is 5.89. The molecule has 0 aliphatic heterocycles. The Morgan fingerprint density at radius 3 is 2.57 bits per heavy atom. The minimum absolute atomic E-state index is 0.0398. The van der Waals surface area contributed by atoms with Gasteiger partial charge in [-0.3, -0.25) is 9.59 Å². The smallest absolute Gasteiger partial charge is 0.224 e. The summed E-state index contributed by atoms with van der Waals surface area (Å²) in [6.07, 6.45) is 0.148. The number of nitrogens with one attached hydrogen (secondary N) is 1. The Morgan fingerprint density at radius 1 is 1.09 bits per heavy atom. The zero-order valence-corrected chi connectivity index (χ0v) is 13.8. The van der Waals surface area contributed by atoms with Crippen LogP contribution in [0.1, 0.15) is 34.3 Å². The molecule has 4 nitrogen and oxygen atoms in total. The fourth-order valence-electron chi connectivity index (χ4n) is 2.22. The molecule has 0 radical (unpaired) electrons. The predicted octanol–water partition coefficient (Wildman–Crippen LogP) is 4.26. The van der Waals surface area contributed by atoms with Crippen LogP contribution in [0.2, 0.25) is 5.02 Å². The standard InChI is InChI=1S/C18H18ClNO3/c1-11-3-4-12(2)14(9-11)16(21)7-8-18(23)20-15-10-13(19)5-6-17(15)22/h3-6,9-10,22H,7-8H2,1-2H3,(H,20,23). The molecule has 0 spiro atoms. The largest absolute Gasteiger partial charge is 0.506 e. The third-order valence-electron chi connectivity index (χ3n) is 3.51. The van der Waals surface area contributed by atoms with Crippen molar-refractivity contribution in [3.8, 4) is 5.75 Å². The van der Waals surface area contributed by atoms with Gasteiger partial charge in [0.25, 0.3) is 0 Å². The SMILES string of the molecule is Cc1ccc(C)c(C(=O)CCC(=O)Nc2cc(Cl)ccc2O)c1. The molecule has 5 heteroatoms. The second-order valence-electron chi connectivity index (χ2n) is 5.45. The van der Waals surface area contributed by atoms with Crippen LogP contribution in [0, 0.1) is 13.8 Å². The number of phenolic OH excluding ortho intramolecular Hbond substituents is 1. The van der Waals surface area contributed by atoms with Gasteiger partial charge in [0.2, 0.25) is 5.91 Å². The number of carbonyl (C=O) groups is 2. The molecule has 0 aliphatic carbocycles. The molecule has 2 rings (SSSR count). The van der Waals surface area contributed by atoms with Crippen LogP contribution >= 0.6 is 11.6 Å². The third kappa shape index (κ3) is 4.57. The number of rotatable bonds is 5. The molecule has 2 aromatic carbocycles. The van der Waals surface area contributed by atoms with Gasteiger partial charge in [-0.2, -0.15) is 0 Å². The minimum Gasteiger partial charge on any atom is -0.506 e. The topological polar surface area (TPSA) is 66.4 Å². The van der Waals surface area contributed by atoms with Crippen molar-refractivity contribution in [1.29, 1.82) is 0 Å². The van der Waals surface area contributed by atoms with Crippen LogP contribution in [-0.2, 0) is 4.79 Å². The van der Waals surface area contributed by atoms with Gasteiger partial charge in [0.05, 0.1) is 5.69 Å². The number of hydrogen-bond donors (Lipinski definition) is 2. The van der Waals surface area contributed by atoms with Crippen molar-refractivity contribution in [3.05, 3.63) is 58.1 Å². The van der Waals surface area contributed by atoms with Crippen LogP contribution in [0.3, 0.4) is 0 Å². The maximum Gasteiger partial charge on any atom is 0.224 e. The summed E-state index contributed by atoms with van der Waals surface area (Å²) in [5.74, 6) is -0.485. The minimum atomic E-state index is -0.346. The summed E-state index contributed by atoms with van der Waals surface area (Å²) < 4.78 is 0. The van der Waals surface area contributed by atoms with Crippen LogP contribution in [0.5, 0.6) is 5.75 Å². The highest BCUT2D eigenvalue weighted by molar-refractivity contribution is 6.31. The van der Waals surface area contributed by atoms with Gasteiger partial charge in [0.15, 0.2) is 5.78 Å². The highest BCUT2D eigenvalue weighted by Crippen LogP contribution is 2.26. The van der Waals surface area contributed by atoms with Crippen molar-refractivity contribution in [2.45, 2.75) is 26.7 Å². The number of anilines is 1. The summed E-state index contributed by atoms with van der Waals surface area (Å²) in [7, 11) is 0. The molecule has 120 valence electrons. The number of aryl methyl sites for hydroxylation is 2. The molecular weight excluding hydrogens is 314 g/mol. The zero-order valence-electron chi connectivity index (χ0n) is 13.0. The van der Waals surface area contributed by atoms with Gasteiger partial charge in [-0.15, -0.1) is 0 Å². The summed E-state index contributed by atoms with van der Waals surface area (Å²) in [6.45, 7) is 3.79. The Kier molecular flexibility index (Phi) is 5.40. The molecule has 0 aliphatic rings. The summed E-state index contributed by atoms with van der Waals surface area (Å²) in [6, 6.07) is 10.1. The van der Waals surface area contributed by atoms with Gasteiger partial charge in [-0.1, -0.05) is 29.3 Å². The number of amides is 1. The van der Waals surface area contributed by atoms with E-state index in [1.165, 1.54) is 18.2 Å². The van der Waals surface area contributed by atoms with E-state index < -0.39 is 0 Å². The molecule has 0 atom stereocenters. The Hall–Kier alpha value is -2.33. The van der Waals surface area contributed by atoms with E-state index in [2.05, 4.69) is 5.32 Å². The molecule has 0 fully saturated rings. The van der Waals surface area contributed by atoms with Gasteiger partial charge >= 0.3 is 0 Å². The lowest BCUT2D eigenvalue weighted by Gasteiger charge is -2.09. The third-order valence-corrected chi connectivity index (χ3v) is 3.74. The Balaban J connectivity index is 1.97. The van der Waals surface area contributed by atoms with Crippen molar-refractivity contribution in [3.63, 3.8) is 0 Å². The molecular formula is C18H18ClNO3. The number of ketones is 1. The number of aromatic hydroxyl groups is 1. The van der Waals surface area contributed by atoms with E-state index in [1.54, 1.807) is 0 Å².